The van der Waals surface area contributed by atoms with Gasteiger partial charge in [-0.15, -0.1) is 0 Å². The van der Waals surface area contributed by atoms with Crippen molar-refractivity contribution in [3.8, 4) is 0 Å². The molecule has 1 heterocycles. The fourth-order valence-corrected chi connectivity index (χ4v) is 2.91. The van der Waals surface area contributed by atoms with Gasteiger partial charge in [-0.05, 0) is 42.6 Å². The standard InChI is InChI=1S/C21H22N2O3/c1-15-8-9-19-17(12-15)13-18(20(24)22-19)14-23(10-11-26-2)21(25)16-6-4-3-5-7-16/h3-9,12-13H,10-11,14H2,1-2H3,(H,22,24). The number of amides is 1. The molecule has 0 bridgehead atoms. The van der Waals surface area contributed by atoms with E-state index in [9.17, 15) is 9.59 Å². The molecule has 26 heavy (non-hydrogen) atoms. The first-order valence-electron chi connectivity index (χ1n) is 8.54. The van der Waals surface area contributed by atoms with E-state index in [4.69, 9.17) is 4.74 Å². The molecule has 0 spiro atoms. The Hall–Kier alpha value is -2.92. The van der Waals surface area contributed by atoms with Gasteiger partial charge in [-0.3, -0.25) is 9.59 Å². The zero-order chi connectivity index (χ0) is 18.5. The van der Waals surface area contributed by atoms with Crippen LogP contribution in [0.2, 0.25) is 0 Å². The maximum absolute atomic E-state index is 12.8. The maximum atomic E-state index is 12.8. The quantitative estimate of drug-likeness (QED) is 0.743. The highest BCUT2D eigenvalue weighted by Gasteiger charge is 2.17. The zero-order valence-electron chi connectivity index (χ0n) is 15.0. The Morgan fingerprint density at radius 1 is 1.12 bits per heavy atom. The molecule has 5 heteroatoms. The molecule has 0 aliphatic carbocycles. The number of ether oxygens (including phenoxy) is 1. The van der Waals surface area contributed by atoms with Gasteiger partial charge in [0.1, 0.15) is 0 Å². The number of hydrogen-bond donors (Lipinski definition) is 1. The Morgan fingerprint density at radius 3 is 2.62 bits per heavy atom. The van der Waals surface area contributed by atoms with Crippen molar-refractivity contribution in [3.63, 3.8) is 0 Å². The summed E-state index contributed by atoms with van der Waals surface area (Å²) in [7, 11) is 1.59. The molecule has 1 N–H and O–H groups in total. The van der Waals surface area contributed by atoms with Crippen molar-refractivity contribution in [1.29, 1.82) is 0 Å². The summed E-state index contributed by atoms with van der Waals surface area (Å²) in [4.78, 5) is 29.8. The highest BCUT2D eigenvalue weighted by atomic mass is 16.5. The van der Waals surface area contributed by atoms with Gasteiger partial charge in [-0.2, -0.15) is 0 Å². The molecule has 1 aromatic heterocycles. The minimum atomic E-state index is -0.176. The van der Waals surface area contributed by atoms with Gasteiger partial charge in [0.2, 0.25) is 0 Å². The molecule has 0 aliphatic rings. The van der Waals surface area contributed by atoms with Gasteiger partial charge in [0.05, 0.1) is 13.2 Å². The third-order valence-corrected chi connectivity index (χ3v) is 4.31. The number of carbonyl (C=O) groups excluding carboxylic acids is 1. The number of hydrogen-bond acceptors (Lipinski definition) is 3. The van der Waals surface area contributed by atoms with Crippen LogP contribution < -0.4 is 5.56 Å². The largest absolute Gasteiger partial charge is 0.383 e. The second kappa shape index (κ2) is 7.97. The minimum absolute atomic E-state index is 0.119. The lowest BCUT2D eigenvalue weighted by Crippen LogP contribution is -2.35. The summed E-state index contributed by atoms with van der Waals surface area (Å²) in [6, 6.07) is 16.8. The predicted octanol–water partition coefficient (Wildman–Crippen LogP) is 3.13. The van der Waals surface area contributed by atoms with Crippen molar-refractivity contribution >= 4 is 16.8 Å². The molecule has 134 valence electrons. The van der Waals surface area contributed by atoms with Crippen LogP contribution in [-0.4, -0.2) is 36.1 Å². The monoisotopic (exact) mass is 350 g/mol. The normalized spacial score (nSPS) is 10.8. The van der Waals surface area contributed by atoms with Crippen molar-refractivity contribution in [3.05, 3.63) is 81.6 Å². The van der Waals surface area contributed by atoms with E-state index in [2.05, 4.69) is 4.98 Å². The summed E-state index contributed by atoms with van der Waals surface area (Å²) in [6.07, 6.45) is 0. The Labute approximate surface area is 152 Å². The maximum Gasteiger partial charge on any atom is 0.254 e. The van der Waals surface area contributed by atoms with Crippen LogP contribution in [0, 0.1) is 6.92 Å². The van der Waals surface area contributed by atoms with Crippen LogP contribution in [0.5, 0.6) is 0 Å². The molecule has 0 aliphatic heterocycles. The number of aryl methyl sites for hydroxylation is 1. The molecule has 0 fully saturated rings. The van der Waals surface area contributed by atoms with Crippen molar-refractivity contribution in [2.45, 2.75) is 13.5 Å². The third-order valence-electron chi connectivity index (χ3n) is 4.31. The van der Waals surface area contributed by atoms with E-state index in [1.807, 2.05) is 49.4 Å². The van der Waals surface area contributed by atoms with Crippen LogP contribution >= 0.6 is 0 Å². The minimum Gasteiger partial charge on any atom is -0.383 e. The molecule has 2 aromatic carbocycles. The van der Waals surface area contributed by atoms with E-state index in [1.165, 1.54) is 0 Å². The Kier molecular flexibility index (Phi) is 5.49. The van der Waals surface area contributed by atoms with Crippen LogP contribution in [-0.2, 0) is 11.3 Å². The molecule has 3 aromatic rings. The topological polar surface area (TPSA) is 62.4 Å². The number of methoxy groups -OCH3 is 1. The van der Waals surface area contributed by atoms with Crippen LogP contribution in [0.4, 0.5) is 0 Å². The predicted molar refractivity (Wildman–Crippen MR) is 102 cm³/mol. The zero-order valence-corrected chi connectivity index (χ0v) is 15.0. The molecule has 0 saturated heterocycles. The molecular formula is C21H22N2O3. The molecular weight excluding hydrogens is 328 g/mol. The number of benzene rings is 2. The smallest absolute Gasteiger partial charge is 0.254 e. The van der Waals surface area contributed by atoms with Gasteiger partial charge in [0.15, 0.2) is 0 Å². The first kappa shape index (κ1) is 17.9. The lowest BCUT2D eigenvalue weighted by molar-refractivity contribution is 0.0680. The lowest BCUT2D eigenvalue weighted by atomic mass is 10.1. The SMILES string of the molecule is COCCN(Cc1cc2cc(C)ccc2[nH]c1=O)C(=O)c1ccccc1. The number of rotatable bonds is 6. The molecule has 1 amide bonds. The number of aromatic nitrogens is 1. The average molecular weight is 350 g/mol. The molecule has 0 atom stereocenters. The number of nitrogens with zero attached hydrogens (tertiary/aromatic N) is 1. The number of fused-ring (bicyclic) bond motifs is 1. The van der Waals surface area contributed by atoms with E-state index in [0.717, 1.165) is 16.5 Å². The van der Waals surface area contributed by atoms with Crippen molar-refractivity contribution < 1.29 is 9.53 Å². The fourth-order valence-electron chi connectivity index (χ4n) is 2.91. The highest BCUT2D eigenvalue weighted by Crippen LogP contribution is 2.15. The van der Waals surface area contributed by atoms with E-state index in [-0.39, 0.29) is 18.0 Å². The lowest BCUT2D eigenvalue weighted by Gasteiger charge is -2.22. The summed E-state index contributed by atoms with van der Waals surface area (Å²) in [6.45, 7) is 3.06. The van der Waals surface area contributed by atoms with E-state index < -0.39 is 0 Å². The third kappa shape index (κ3) is 4.00. The molecule has 0 unspecified atom stereocenters. The second-order valence-electron chi connectivity index (χ2n) is 6.30. The first-order valence-corrected chi connectivity index (χ1v) is 8.54. The number of carbonyl (C=O) groups is 1. The van der Waals surface area contributed by atoms with Gasteiger partial charge < -0.3 is 14.6 Å². The second-order valence-corrected chi connectivity index (χ2v) is 6.30. The average Bonchev–Trinajstić information content (AvgIpc) is 2.66. The van der Waals surface area contributed by atoms with Crippen molar-refractivity contribution in [1.82, 2.24) is 9.88 Å². The van der Waals surface area contributed by atoms with Gasteiger partial charge in [-0.25, -0.2) is 0 Å². The van der Waals surface area contributed by atoms with E-state index in [0.29, 0.717) is 24.3 Å². The molecule has 5 nitrogen and oxygen atoms in total. The molecule has 0 saturated carbocycles. The Balaban J connectivity index is 1.93. The van der Waals surface area contributed by atoms with Crippen LogP contribution in [0.3, 0.4) is 0 Å². The van der Waals surface area contributed by atoms with Gasteiger partial charge in [-0.1, -0.05) is 29.8 Å². The van der Waals surface area contributed by atoms with Crippen molar-refractivity contribution in [2.24, 2.45) is 0 Å². The number of aromatic amines is 1. The molecule has 0 radical (unpaired) electrons. The summed E-state index contributed by atoms with van der Waals surface area (Å²) < 4.78 is 5.13. The van der Waals surface area contributed by atoms with Crippen LogP contribution in [0.25, 0.3) is 10.9 Å². The fraction of sp³-hybridized carbons (Fsp3) is 0.238. The van der Waals surface area contributed by atoms with Crippen LogP contribution in [0.1, 0.15) is 21.5 Å². The summed E-state index contributed by atoms with van der Waals surface area (Å²) in [5, 5.41) is 0.957. The Morgan fingerprint density at radius 2 is 1.88 bits per heavy atom. The number of H-pyrrole nitrogens is 1. The van der Waals surface area contributed by atoms with Gasteiger partial charge in [0, 0.05) is 30.3 Å². The summed E-state index contributed by atoms with van der Waals surface area (Å²) in [5.74, 6) is -0.119. The van der Waals surface area contributed by atoms with Gasteiger partial charge >= 0.3 is 0 Å². The summed E-state index contributed by atoms with van der Waals surface area (Å²) >= 11 is 0. The summed E-state index contributed by atoms with van der Waals surface area (Å²) in [5.41, 5.74) is 2.89. The van der Waals surface area contributed by atoms with Crippen LogP contribution in [0.15, 0.2) is 59.4 Å². The molecule has 3 rings (SSSR count). The van der Waals surface area contributed by atoms with E-state index in [1.54, 1.807) is 24.1 Å². The number of pyridine rings is 1. The van der Waals surface area contributed by atoms with E-state index >= 15 is 0 Å². The Bertz CT molecular complexity index is 964. The first-order chi connectivity index (χ1) is 12.6. The van der Waals surface area contributed by atoms with Crippen molar-refractivity contribution in [2.75, 3.05) is 20.3 Å². The van der Waals surface area contributed by atoms with Gasteiger partial charge in [0.25, 0.3) is 11.5 Å². The highest BCUT2D eigenvalue weighted by molar-refractivity contribution is 5.94. The number of nitrogens with one attached hydrogen (secondary N) is 1.